The van der Waals surface area contributed by atoms with Gasteiger partial charge >= 0.3 is 0 Å². The summed E-state index contributed by atoms with van der Waals surface area (Å²) in [7, 11) is 0. The SMILES string of the molecule is CCc1ccc(-c2ccn(-c3cc(C#N)ccn3)n2)cc1. The van der Waals surface area contributed by atoms with Crippen molar-refractivity contribution >= 4 is 0 Å². The van der Waals surface area contributed by atoms with Gasteiger partial charge in [-0.05, 0) is 24.1 Å². The molecule has 0 aliphatic rings. The lowest BCUT2D eigenvalue weighted by Gasteiger charge is -2.01. The van der Waals surface area contributed by atoms with Crippen LogP contribution in [-0.2, 0) is 6.42 Å². The molecular formula is C17H14N4. The number of nitrogens with zero attached hydrogens (tertiary/aromatic N) is 4. The van der Waals surface area contributed by atoms with Gasteiger partial charge in [-0.2, -0.15) is 10.4 Å². The van der Waals surface area contributed by atoms with Crippen LogP contribution in [0.15, 0.2) is 54.9 Å². The maximum Gasteiger partial charge on any atom is 0.154 e. The standard InChI is InChI=1S/C17H14N4/c1-2-13-3-5-15(6-4-13)16-8-10-21(20-16)17-11-14(12-18)7-9-19-17/h3-11H,2H2,1H3. The van der Waals surface area contributed by atoms with Crippen LogP contribution in [0, 0.1) is 11.3 Å². The summed E-state index contributed by atoms with van der Waals surface area (Å²) < 4.78 is 1.68. The number of pyridine rings is 1. The van der Waals surface area contributed by atoms with E-state index in [1.54, 1.807) is 23.0 Å². The van der Waals surface area contributed by atoms with Gasteiger partial charge in [-0.1, -0.05) is 31.2 Å². The van der Waals surface area contributed by atoms with Crippen molar-refractivity contribution < 1.29 is 0 Å². The smallest absolute Gasteiger partial charge is 0.154 e. The zero-order chi connectivity index (χ0) is 14.7. The number of rotatable bonds is 3. The number of benzene rings is 1. The molecule has 0 radical (unpaired) electrons. The lowest BCUT2D eigenvalue weighted by Crippen LogP contribution is -1.98. The molecule has 0 aliphatic heterocycles. The molecule has 4 nitrogen and oxygen atoms in total. The highest BCUT2D eigenvalue weighted by atomic mass is 15.3. The second kappa shape index (κ2) is 5.59. The number of nitriles is 1. The van der Waals surface area contributed by atoms with E-state index < -0.39 is 0 Å². The van der Waals surface area contributed by atoms with E-state index in [1.165, 1.54) is 5.56 Å². The second-order valence-electron chi connectivity index (χ2n) is 4.71. The maximum absolute atomic E-state index is 8.93. The minimum absolute atomic E-state index is 0.573. The fraction of sp³-hybridized carbons (Fsp3) is 0.118. The summed E-state index contributed by atoms with van der Waals surface area (Å²) >= 11 is 0. The molecule has 0 atom stereocenters. The van der Waals surface area contributed by atoms with Crippen LogP contribution in [0.3, 0.4) is 0 Å². The minimum Gasteiger partial charge on any atom is -0.237 e. The van der Waals surface area contributed by atoms with Gasteiger partial charge in [0, 0.05) is 24.0 Å². The zero-order valence-electron chi connectivity index (χ0n) is 11.7. The summed E-state index contributed by atoms with van der Waals surface area (Å²) in [6.07, 6.45) is 4.50. The van der Waals surface area contributed by atoms with Crippen molar-refractivity contribution in [1.82, 2.24) is 14.8 Å². The van der Waals surface area contributed by atoms with Crippen molar-refractivity contribution in [3.8, 4) is 23.1 Å². The monoisotopic (exact) mass is 274 g/mol. The van der Waals surface area contributed by atoms with E-state index in [0.717, 1.165) is 17.7 Å². The molecule has 102 valence electrons. The third kappa shape index (κ3) is 2.67. The molecular weight excluding hydrogens is 260 g/mol. The van der Waals surface area contributed by atoms with Crippen molar-refractivity contribution in [1.29, 1.82) is 5.26 Å². The second-order valence-corrected chi connectivity index (χ2v) is 4.71. The fourth-order valence-corrected chi connectivity index (χ4v) is 2.13. The van der Waals surface area contributed by atoms with Gasteiger partial charge in [-0.25, -0.2) is 9.67 Å². The quantitative estimate of drug-likeness (QED) is 0.735. The third-order valence-electron chi connectivity index (χ3n) is 3.36. The Morgan fingerprint density at radius 1 is 1.14 bits per heavy atom. The first-order valence-corrected chi connectivity index (χ1v) is 6.81. The van der Waals surface area contributed by atoms with E-state index in [9.17, 15) is 0 Å². The van der Waals surface area contributed by atoms with Crippen LogP contribution >= 0.6 is 0 Å². The van der Waals surface area contributed by atoms with Crippen LogP contribution in [0.25, 0.3) is 17.1 Å². The molecule has 0 aliphatic carbocycles. The normalized spacial score (nSPS) is 10.3. The summed E-state index contributed by atoms with van der Waals surface area (Å²) in [6, 6.07) is 15.8. The molecule has 0 N–H and O–H groups in total. The highest BCUT2D eigenvalue weighted by Crippen LogP contribution is 2.19. The predicted octanol–water partition coefficient (Wildman–Crippen LogP) is 3.37. The van der Waals surface area contributed by atoms with E-state index in [-0.39, 0.29) is 0 Å². The molecule has 0 fully saturated rings. The molecule has 21 heavy (non-hydrogen) atoms. The molecule has 0 bridgehead atoms. The van der Waals surface area contributed by atoms with Crippen molar-refractivity contribution in [3.05, 3.63) is 66.0 Å². The molecule has 2 heterocycles. The van der Waals surface area contributed by atoms with Gasteiger partial charge in [0.05, 0.1) is 17.3 Å². The molecule has 1 aromatic carbocycles. The van der Waals surface area contributed by atoms with Crippen molar-refractivity contribution in [2.24, 2.45) is 0 Å². The Morgan fingerprint density at radius 2 is 1.95 bits per heavy atom. The van der Waals surface area contributed by atoms with Crippen LogP contribution in [0.4, 0.5) is 0 Å². The van der Waals surface area contributed by atoms with Crippen molar-refractivity contribution in [2.75, 3.05) is 0 Å². The van der Waals surface area contributed by atoms with Gasteiger partial charge < -0.3 is 0 Å². The number of aromatic nitrogens is 3. The first-order chi connectivity index (χ1) is 10.3. The zero-order valence-corrected chi connectivity index (χ0v) is 11.7. The Kier molecular flexibility index (Phi) is 3.48. The lowest BCUT2D eigenvalue weighted by molar-refractivity contribution is 0.849. The summed E-state index contributed by atoms with van der Waals surface area (Å²) in [5, 5.41) is 13.5. The summed E-state index contributed by atoms with van der Waals surface area (Å²) in [5.74, 6) is 0.644. The molecule has 3 aromatic rings. The topological polar surface area (TPSA) is 54.5 Å². The van der Waals surface area contributed by atoms with Crippen LogP contribution in [0.2, 0.25) is 0 Å². The van der Waals surface area contributed by atoms with Gasteiger partial charge in [0.25, 0.3) is 0 Å². The first kappa shape index (κ1) is 13.1. The largest absolute Gasteiger partial charge is 0.237 e. The Hall–Kier alpha value is -2.93. The number of hydrogen-bond acceptors (Lipinski definition) is 3. The van der Waals surface area contributed by atoms with E-state index in [0.29, 0.717) is 11.4 Å². The maximum atomic E-state index is 8.93. The van der Waals surface area contributed by atoms with Crippen LogP contribution in [-0.4, -0.2) is 14.8 Å². The predicted molar refractivity (Wildman–Crippen MR) is 80.9 cm³/mol. The van der Waals surface area contributed by atoms with Gasteiger partial charge in [-0.3, -0.25) is 0 Å². The van der Waals surface area contributed by atoms with E-state index in [2.05, 4.69) is 47.3 Å². The van der Waals surface area contributed by atoms with E-state index in [4.69, 9.17) is 5.26 Å². The lowest BCUT2D eigenvalue weighted by atomic mass is 10.1. The Bertz CT molecular complexity index is 794. The van der Waals surface area contributed by atoms with Gasteiger partial charge in [0.1, 0.15) is 0 Å². The summed E-state index contributed by atoms with van der Waals surface area (Å²) in [5.41, 5.74) is 3.84. The molecule has 4 heteroatoms. The molecule has 0 spiro atoms. The van der Waals surface area contributed by atoms with Crippen molar-refractivity contribution in [3.63, 3.8) is 0 Å². The average Bonchev–Trinajstić information content (AvgIpc) is 3.05. The van der Waals surface area contributed by atoms with E-state index >= 15 is 0 Å². The summed E-state index contributed by atoms with van der Waals surface area (Å²) in [6.45, 7) is 2.14. The molecule has 0 unspecified atom stereocenters. The molecule has 0 saturated carbocycles. The van der Waals surface area contributed by atoms with Crippen LogP contribution < -0.4 is 0 Å². The molecule has 0 saturated heterocycles. The van der Waals surface area contributed by atoms with Gasteiger partial charge in [0.2, 0.25) is 0 Å². The number of aryl methyl sites for hydroxylation is 1. The average molecular weight is 274 g/mol. The Morgan fingerprint density at radius 3 is 2.67 bits per heavy atom. The molecule has 3 rings (SSSR count). The Balaban J connectivity index is 1.93. The Labute approximate surface area is 123 Å². The van der Waals surface area contributed by atoms with E-state index in [1.807, 2.05) is 12.3 Å². The third-order valence-corrected chi connectivity index (χ3v) is 3.36. The first-order valence-electron chi connectivity index (χ1n) is 6.81. The molecule has 0 amide bonds. The highest BCUT2D eigenvalue weighted by Gasteiger charge is 2.05. The number of hydrogen-bond donors (Lipinski definition) is 0. The van der Waals surface area contributed by atoms with Gasteiger partial charge in [0.15, 0.2) is 5.82 Å². The van der Waals surface area contributed by atoms with Crippen molar-refractivity contribution in [2.45, 2.75) is 13.3 Å². The fourth-order valence-electron chi connectivity index (χ4n) is 2.13. The van der Waals surface area contributed by atoms with Crippen LogP contribution in [0.1, 0.15) is 18.1 Å². The minimum atomic E-state index is 0.573. The highest BCUT2D eigenvalue weighted by molar-refractivity contribution is 5.59. The van der Waals surface area contributed by atoms with Crippen LogP contribution in [0.5, 0.6) is 0 Å². The summed E-state index contributed by atoms with van der Waals surface area (Å²) in [4.78, 5) is 4.24. The molecule has 2 aromatic heterocycles. The van der Waals surface area contributed by atoms with Gasteiger partial charge in [-0.15, -0.1) is 0 Å².